The first-order chi connectivity index (χ1) is 21.1. The lowest BCUT2D eigenvalue weighted by Crippen LogP contribution is -2.17. The molecular weight excluding hydrogens is 564 g/mol. The maximum atomic E-state index is 12.7. The van der Waals surface area contributed by atoms with Gasteiger partial charge in [0.1, 0.15) is 10.8 Å². The average molecular weight is 595 g/mol. The first kappa shape index (κ1) is 27.1. The van der Waals surface area contributed by atoms with Crippen molar-refractivity contribution in [3.8, 4) is 22.1 Å². The number of rotatable bonds is 9. The van der Waals surface area contributed by atoms with Crippen molar-refractivity contribution in [3.05, 3.63) is 70.6 Å². The molecule has 12 heteroatoms. The summed E-state index contributed by atoms with van der Waals surface area (Å²) < 4.78 is 7.91. The molecule has 1 aromatic carbocycles. The molecule has 0 aliphatic heterocycles. The fraction of sp³-hybridized carbons (Fsp3) is 0.323. The summed E-state index contributed by atoms with van der Waals surface area (Å²) in [5, 5.41) is 16.1. The first-order valence-electron chi connectivity index (χ1n) is 14.5. The number of carbonyl (C=O) groups is 2. The summed E-state index contributed by atoms with van der Waals surface area (Å²) in [7, 11) is 1.57. The number of pyridine rings is 2. The van der Waals surface area contributed by atoms with Crippen LogP contribution in [0.1, 0.15) is 52.3 Å². The van der Waals surface area contributed by atoms with Crippen molar-refractivity contribution in [2.24, 2.45) is 5.92 Å². The van der Waals surface area contributed by atoms with Gasteiger partial charge in [-0.25, -0.2) is 14.6 Å². The molecule has 2 aliphatic carbocycles. The SMILES string of the molecule is CNC(=O)c1sc(-c2ccnc(NC(=O)C3CC3)c2)nc1OCCc1cn(-c2c3c(nc4ccccc24)CCCC3)nn1. The van der Waals surface area contributed by atoms with Crippen LogP contribution in [-0.4, -0.2) is 55.4 Å². The number of aromatic nitrogens is 6. The summed E-state index contributed by atoms with van der Waals surface area (Å²) in [5.74, 6) is 0.477. The van der Waals surface area contributed by atoms with Gasteiger partial charge in [-0.2, -0.15) is 0 Å². The predicted molar refractivity (Wildman–Crippen MR) is 163 cm³/mol. The van der Waals surface area contributed by atoms with Gasteiger partial charge in [0.25, 0.3) is 5.91 Å². The third-order valence-electron chi connectivity index (χ3n) is 7.74. The zero-order valence-electron chi connectivity index (χ0n) is 23.7. The van der Waals surface area contributed by atoms with E-state index < -0.39 is 0 Å². The Morgan fingerprint density at radius 1 is 1.12 bits per heavy atom. The highest BCUT2D eigenvalue weighted by Crippen LogP contribution is 2.35. The van der Waals surface area contributed by atoms with Gasteiger partial charge in [0, 0.05) is 47.8 Å². The third-order valence-corrected chi connectivity index (χ3v) is 8.83. The zero-order valence-corrected chi connectivity index (χ0v) is 24.5. The molecular formula is C31H30N8O3S. The molecule has 218 valence electrons. The first-order valence-corrected chi connectivity index (χ1v) is 15.3. The van der Waals surface area contributed by atoms with E-state index in [1.165, 1.54) is 16.9 Å². The number of para-hydroxylation sites is 1. The molecule has 43 heavy (non-hydrogen) atoms. The van der Waals surface area contributed by atoms with Crippen molar-refractivity contribution >= 4 is 39.9 Å². The molecule has 2 aliphatic rings. The smallest absolute Gasteiger partial charge is 0.266 e. The van der Waals surface area contributed by atoms with Crippen LogP contribution in [0, 0.1) is 5.92 Å². The lowest BCUT2D eigenvalue weighted by atomic mass is 9.93. The fourth-order valence-corrected chi connectivity index (χ4v) is 6.33. The van der Waals surface area contributed by atoms with Crippen molar-refractivity contribution in [3.63, 3.8) is 0 Å². The molecule has 4 heterocycles. The zero-order chi connectivity index (χ0) is 29.3. The minimum absolute atomic E-state index is 0.0206. The van der Waals surface area contributed by atoms with E-state index in [-0.39, 0.29) is 30.2 Å². The Bertz CT molecular complexity index is 1840. The highest BCUT2D eigenvalue weighted by molar-refractivity contribution is 7.17. The summed E-state index contributed by atoms with van der Waals surface area (Å²) in [6, 6.07) is 11.7. The number of amides is 2. The standard InChI is InChI=1S/C31H30N8O3S/c1-32-29(41)27-30(36-31(43-27)19-12-14-33-25(16-19)35-28(40)18-10-11-18)42-15-13-20-17-39(38-37-20)26-21-6-2-4-8-23(21)34-24-9-5-3-7-22(24)26/h2,4,6,8,12,14,16-18H,3,5,7,9-11,13,15H2,1H3,(H,32,41)(H,33,35,40). The fourth-order valence-electron chi connectivity index (χ4n) is 5.37. The number of nitrogens with zero attached hydrogens (tertiary/aromatic N) is 6. The second-order valence-electron chi connectivity index (χ2n) is 10.8. The van der Waals surface area contributed by atoms with Crippen molar-refractivity contribution in [2.75, 3.05) is 19.0 Å². The molecule has 2 amide bonds. The molecule has 0 saturated heterocycles. The van der Waals surface area contributed by atoms with Gasteiger partial charge in [-0.15, -0.1) is 16.4 Å². The van der Waals surface area contributed by atoms with Crippen LogP contribution in [0.4, 0.5) is 5.82 Å². The van der Waals surface area contributed by atoms with Crippen molar-refractivity contribution in [1.29, 1.82) is 0 Å². The van der Waals surface area contributed by atoms with E-state index in [0.717, 1.165) is 72.1 Å². The molecule has 2 N–H and O–H groups in total. The van der Waals surface area contributed by atoms with Crippen LogP contribution in [0.15, 0.2) is 48.8 Å². The summed E-state index contributed by atoms with van der Waals surface area (Å²) >= 11 is 1.23. The summed E-state index contributed by atoms with van der Waals surface area (Å²) in [6.07, 6.45) is 10.1. The molecule has 1 saturated carbocycles. The van der Waals surface area contributed by atoms with Crippen LogP contribution in [0.5, 0.6) is 5.88 Å². The van der Waals surface area contributed by atoms with E-state index >= 15 is 0 Å². The van der Waals surface area contributed by atoms with Crippen LogP contribution in [-0.2, 0) is 24.1 Å². The highest BCUT2D eigenvalue weighted by atomic mass is 32.1. The number of ether oxygens (including phenoxy) is 1. The molecule has 0 spiro atoms. The van der Waals surface area contributed by atoms with Gasteiger partial charge in [-0.1, -0.05) is 23.4 Å². The van der Waals surface area contributed by atoms with Gasteiger partial charge in [0.2, 0.25) is 11.8 Å². The van der Waals surface area contributed by atoms with Crippen LogP contribution in [0.25, 0.3) is 27.2 Å². The number of fused-ring (bicyclic) bond motifs is 2. The Balaban J connectivity index is 1.09. The molecule has 4 aromatic heterocycles. The van der Waals surface area contributed by atoms with Crippen molar-refractivity contribution in [1.82, 2.24) is 35.3 Å². The number of anilines is 1. The Morgan fingerprint density at radius 2 is 1.98 bits per heavy atom. The van der Waals surface area contributed by atoms with Crippen molar-refractivity contribution < 1.29 is 14.3 Å². The number of carbonyl (C=O) groups excluding carboxylic acids is 2. The average Bonchev–Trinajstić information content (AvgIpc) is 3.65. The maximum Gasteiger partial charge on any atom is 0.266 e. The molecule has 5 aromatic rings. The minimum atomic E-state index is -0.282. The molecule has 0 bridgehead atoms. The Kier molecular flexibility index (Phi) is 7.27. The number of benzene rings is 1. The predicted octanol–water partition coefficient (Wildman–Crippen LogP) is 4.54. The van der Waals surface area contributed by atoms with Crippen LogP contribution in [0.3, 0.4) is 0 Å². The van der Waals surface area contributed by atoms with Gasteiger partial charge >= 0.3 is 0 Å². The molecule has 0 unspecified atom stereocenters. The molecule has 7 rings (SSSR count). The molecule has 1 fully saturated rings. The number of thiazole rings is 1. The van der Waals surface area contributed by atoms with Gasteiger partial charge in [0.05, 0.1) is 29.7 Å². The second kappa shape index (κ2) is 11.5. The lowest BCUT2D eigenvalue weighted by Gasteiger charge is -2.20. The Morgan fingerprint density at radius 3 is 2.84 bits per heavy atom. The number of hydrogen-bond acceptors (Lipinski definition) is 9. The lowest BCUT2D eigenvalue weighted by molar-refractivity contribution is -0.117. The van der Waals surface area contributed by atoms with E-state index in [0.29, 0.717) is 22.1 Å². The summed E-state index contributed by atoms with van der Waals surface area (Å²) in [5.41, 5.74) is 5.92. The van der Waals surface area contributed by atoms with E-state index in [9.17, 15) is 9.59 Å². The van der Waals surface area contributed by atoms with Gasteiger partial charge < -0.3 is 15.4 Å². The minimum Gasteiger partial charge on any atom is -0.476 e. The monoisotopic (exact) mass is 594 g/mol. The normalized spacial score (nSPS) is 14.3. The van der Waals surface area contributed by atoms with Crippen LogP contribution < -0.4 is 15.4 Å². The molecule has 0 radical (unpaired) electrons. The highest BCUT2D eigenvalue weighted by Gasteiger charge is 2.30. The number of hydrogen-bond donors (Lipinski definition) is 2. The molecule has 11 nitrogen and oxygen atoms in total. The summed E-state index contributed by atoms with van der Waals surface area (Å²) in [6.45, 7) is 0.264. The topological polar surface area (TPSA) is 137 Å². The number of nitrogens with one attached hydrogen (secondary N) is 2. The van der Waals surface area contributed by atoms with E-state index in [1.54, 1.807) is 25.4 Å². The van der Waals surface area contributed by atoms with E-state index in [4.69, 9.17) is 9.72 Å². The molecule has 0 atom stereocenters. The third kappa shape index (κ3) is 5.57. The van der Waals surface area contributed by atoms with Crippen molar-refractivity contribution in [2.45, 2.75) is 44.9 Å². The van der Waals surface area contributed by atoms with E-state index in [2.05, 4.69) is 37.0 Å². The van der Waals surface area contributed by atoms with E-state index in [1.807, 2.05) is 29.1 Å². The van der Waals surface area contributed by atoms with Gasteiger partial charge in [-0.3, -0.25) is 14.6 Å². The maximum absolute atomic E-state index is 12.7. The van der Waals surface area contributed by atoms with Crippen LogP contribution >= 0.6 is 11.3 Å². The Labute approximate surface area is 251 Å². The Hall–Kier alpha value is -4.71. The van der Waals surface area contributed by atoms with Crippen LogP contribution in [0.2, 0.25) is 0 Å². The number of aryl methyl sites for hydroxylation is 1. The quantitative estimate of drug-likeness (QED) is 0.254. The second-order valence-corrected chi connectivity index (χ2v) is 11.8. The van der Waals surface area contributed by atoms with Gasteiger partial charge in [0.15, 0.2) is 4.88 Å². The van der Waals surface area contributed by atoms with Gasteiger partial charge in [-0.05, 0) is 56.7 Å². The summed E-state index contributed by atoms with van der Waals surface area (Å²) in [4.78, 5) is 39.1. The largest absolute Gasteiger partial charge is 0.476 e.